The van der Waals surface area contributed by atoms with Crippen molar-refractivity contribution in [1.29, 1.82) is 0 Å². The van der Waals surface area contributed by atoms with Crippen molar-refractivity contribution >= 4 is 5.52 Å². The summed E-state index contributed by atoms with van der Waals surface area (Å²) in [6.45, 7) is -0.379. The molecule has 0 N–H and O–H groups in total. The number of nitrogens with zero attached hydrogens (tertiary/aromatic N) is 2. The average molecular weight is 230 g/mol. The maximum atomic E-state index is 11.9. The van der Waals surface area contributed by atoms with E-state index in [0.29, 0.717) is 5.75 Å². The zero-order valence-electron chi connectivity index (χ0n) is 8.24. The Hall–Kier alpha value is -1.72. The number of alkyl halides is 3. The van der Waals surface area contributed by atoms with Gasteiger partial charge < -0.3 is 4.74 Å². The second-order valence-electron chi connectivity index (χ2n) is 3.28. The van der Waals surface area contributed by atoms with Crippen molar-refractivity contribution < 1.29 is 17.9 Å². The van der Waals surface area contributed by atoms with E-state index in [1.54, 1.807) is 35.1 Å². The maximum absolute atomic E-state index is 11.9. The molecule has 0 aliphatic rings. The summed E-state index contributed by atoms with van der Waals surface area (Å²) in [5.41, 5.74) is 0.864. The summed E-state index contributed by atoms with van der Waals surface area (Å²) in [6.07, 6.45) is -1.99. The molecule has 0 unspecified atom stereocenters. The van der Waals surface area contributed by atoms with Gasteiger partial charge in [-0.25, -0.2) is 4.52 Å². The highest BCUT2D eigenvalue weighted by atomic mass is 19.4. The molecule has 0 spiro atoms. The van der Waals surface area contributed by atoms with Crippen LogP contribution in [0.2, 0.25) is 0 Å². The second kappa shape index (κ2) is 4.03. The standard InChI is InChI=1S/C10H9F3N2O/c11-10(12,13)4-6-16-9-2-1-8-3-5-14-15(8)7-9/h1-3,5,7H,4,6H2. The van der Waals surface area contributed by atoms with E-state index < -0.39 is 12.6 Å². The number of aromatic nitrogens is 2. The quantitative estimate of drug-likeness (QED) is 0.810. The Labute approximate surface area is 89.4 Å². The van der Waals surface area contributed by atoms with Gasteiger partial charge in [0.1, 0.15) is 5.75 Å². The summed E-state index contributed by atoms with van der Waals surface area (Å²) in [6, 6.07) is 5.14. The van der Waals surface area contributed by atoms with Crippen LogP contribution in [0, 0.1) is 0 Å². The van der Waals surface area contributed by atoms with Crippen molar-refractivity contribution in [2.45, 2.75) is 12.6 Å². The molecule has 86 valence electrons. The first-order valence-corrected chi connectivity index (χ1v) is 4.67. The highest BCUT2D eigenvalue weighted by molar-refractivity contribution is 5.47. The van der Waals surface area contributed by atoms with Crippen LogP contribution < -0.4 is 4.74 Å². The lowest BCUT2D eigenvalue weighted by Crippen LogP contribution is -2.13. The molecule has 0 aromatic carbocycles. The number of hydrogen-bond donors (Lipinski definition) is 0. The van der Waals surface area contributed by atoms with Crippen LogP contribution in [0.25, 0.3) is 5.52 Å². The Kier molecular flexibility index (Phi) is 2.72. The van der Waals surface area contributed by atoms with Crippen LogP contribution >= 0.6 is 0 Å². The highest BCUT2D eigenvalue weighted by Crippen LogP contribution is 2.20. The largest absolute Gasteiger partial charge is 0.492 e. The molecule has 2 aromatic heterocycles. The zero-order chi connectivity index (χ0) is 11.6. The minimum absolute atomic E-state index is 0.375. The molecule has 2 heterocycles. The lowest BCUT2D eigenvalue weighted by Gasteiger charge is -2.08. The van der Waals surface area contributed by atoms with Gasteiger partial charge in [0.05, 0.1) is 24.7 Å². The summed E-state index contributed by atoms with van der Waals surface area (Å²) in [5, 5.41) is 3.95. The van der Waals surface area contributed by atoms with Gasteiger partial charge in [0, 0.05) is 6.20 Å². The Bertz CT molecular complexity index is 478. The van der Waals surface area contributed by atoms with E-state index >= 15 is 0 Å². The molecule has 0 fully saturated rings. The highest BCUT2D eigenvalue weighted by Gasteiger charge is 2.26. The Morgan fingerprint density at radius 2 is 2.06 bits per heavy atom. The fourth-order valence-corrected chi connectivity index (χ4v) is 1.27. The summed E-state index contributed by atoms with van der Waals surface area (Å²) >= 11 is 0. The average Bonchev–Trinajstić information content (AvgIpc) is 2.62. The summed E-state index contributed by atoms with van der Waals surface area (Å²) in [7, 11) is 0. The Morgan fingerprint density at radius 1 is 1.25 bits per heavy atom. The topological polar surface area (TPSA) is 26.5 Å². The number of fused-ring (bicyclic) bond motifs is 1. The molecule has 0 saturated heterocycles. The summed E-state index contributed by atoms with van der Waals surface area (Å²) in [5.74, 6) is 0.375. The van der Waals surface area contributed by atoms with Crippen LogP contribution in [0.15, 0.2) is 30.6 Å². The van der Waals surface area contributed by atoms with Crippen molar-refractivity contribution in [3.05, 3.63) is 30.6 Å². The smallest absolute Gasteiger partial charge is 0.392 e. The van der Waals surface area contributed by atoms with E-state index in [1.807, 2.05) is 0 Å². The number of hydrogen-bond acceptors (Lipinski definition) is 2. The van der Waals surface area contributed by atoms with Gasteiger partial charge in [0.2, 0.25) is 0 Å². The molecule has 2 aromatic rings. The van der Waals surface area contributed by atoms with Crippen LogP contribution in [0.3, 0.4) is 0 Å². The molecule has 0 radical (unpaired) electrons. The molecule has 0 aliphatic heterocycles. The van der Waals surface area contributed by atoms with Crippen molar-refractivity contribution in [2.75, 3.05) is 6.61 Å². The van der Waals surface area contributed by atoms with Gasteiger partial charge in [0.15, 0.2) is 0 Å². The van der Waals surface area contributed by atoms with Gasteiger partial charge >= 0.3 is 6.18 Å². The van der Waals surface area contributed by atoms with Crippen LogP contribution in [0.1, 0.15) is 6.42 Å². The van der Waals surface area contributed by atoms with E-state index in [1.165, 1.54) is 0 Å². The first-order valence-electron chi connectivity index (χ1n) is 4.67. The predicted octanol–water partition coefficient (Wildman–Crippen LogP) is 2.67. The van der Waals surface area contributed by atoms with E-state index in [9.17, 15) is 13.2 Å². The van der Waals surface area contributed by atoms with Crippen molar-refractivity contribution in [2.24, 2.45) is 0 Å². The normalized spacial score (nSPS) is 11.9. The fourth-order valence-electron chi connectivity index (χ4n) is 1.27. The Morgan fingerprint density at radius 3 is 2.81 bits per heavy atom. The monoisotopic (exact) mass is 230 g/mol. The number of halogens is 3. The molecule has 16 heavy (non-hydrogen) atoms. The third-order valence-electron chi connectivity index (χ3n) is 2.02. The van der Waals surface area contributed by atoms with Crippen LogP contribution in [-0.2, 0) is 0 Å². The van der Waals surface area contributed by atoms with Crippen LogP contribution in [0.4, 0.5) is 13.2 Å². The maximum Gasteiger partial charge on any atom is 0.392 e. The third-order valence-corrected chi connectivity index (χ3v) is 2.02. The second-order valence-corrected chi connectivity index (χ2v) is 3.28. The van der Waals surface area contributed by atoms with Crippen molar-refractivity contribution in [3.8, 4) is 5.75 Å². The number of ether oxygens (including phenoxy) is 1. The fraction of sp³-hybridized carbons (Fsp3) is 0.300. The molecule has 0 aliphatic carbocycles. The SMILES string of the molecule is FC(F)(F)CCOc1ccc2ccnn2c1. The number of pyridine rings is 1. The van der Waals surface area contributed by atoms with Crippen LogP contribution in [0.5, 0.6) is 5.75 Å². The van der Waals surface area contributed by atoms with E-state index in [4.69, 9.17) is 4.74 Å². The molecule has 0 bridgehead atoms. The molecular weight excluding hydrogens is 221 g/mol. The molecule has 3 nitrogen and oxygen atoms in total. The van der Waals surface area contributed by atoms with Gasteiger partial charge in [-0.15, -0.1) is 0 Å². The molecule has 0 saturated carbocycles. The van der Waals surface area contributed by atoms with Gasteiger partial charge in [-0.05, 0) is 18.2 Å². The molecule has 2 rings (SSSR count). The van der Waals surface area contributed by atoms with Crippen molar-refractivity contribution in [3.63, 3.8) is 0 Å². The van der Waals surface area contributed by atoms with Crippen LogP contribution in [-0.4, -0.2) is 22.4 Å². The molecule has 0 atom stereocenters. The first kappa shape index (κ1) is 10.8. The number of rotatable bonds is 3. The van der Waals surface area contributed by atoms with Gasteiger partial charge in [0.25, 0.3) is 0 Å². The van der Waals surface area contributed by atoms with Gasteiger partial charge in [-0.1, -0.05) is 0 Å². The zero-order valence-corrected chi connectivity index (χ0v) is 8.24. The lowest BCUT2D eigenvalue weighted by molar-refractivity contribution is -0.139. The Balaban J connectivity index is 1.99. The van der Waals surface area contributed by atoms with E-state index in [2.05, 4.69) is 5.10 Å². The third kappa shape index (κ3) is 2.65. The van der Waals surface area contributed by atoms with Gasteiger partial charge in [-0.3, -0.25) is 0 Å². The minimum Gasteiger partial charge on any atom is -0.492 e. The first-order chi connectivity index (χ1) is 7.54. The summed E-state index contributed by atoms with van der Waals surface area (Å²) in [4.78, 5) is 0. The molecule has 6 heteroatoms. The lowest BCUT2D eigenvalue weighted by atomic mass is 10.4. The van der Waals surface area contributed by atoms with Gasteiger partial charge in [-0.2, -0.15) is 18.3 Å². The molecular formula is C10H9F3N2O. The van der Waals surface area contributed by atoms with E-state index in [0.717, 1.165) is 5.52 Å². The van der Waals surface area contributed by atoms with E-state index in [-0.39, 0.29) is 6.61 Å². The minimum atomic E-state index is -4.18. The van der Waals surface area contributed by atoms with Crippen molar-refractivity contribution in [1.82, 2.24) is 9.61 Å². The molecule has 0 amide bonds. The predicted molar refractivity (Wildman–Crippen MR) is 51.4 cm³/mol. The summed E-state index contributed by atoms with van der Waals surface area (Å²) < 4.78 is 42.1.